The van der Waals surface area contributed by atoms with E-state index in [-0.39, 0.29) is 34.8 Å². The van der Waals surface area contributed by atoms with Gasteiger partial charge in [-0.3, -0.25) is 4.79 Å². The van der Waals surface area contributed by atoms with E-state index < -0.39 is 5.97 Å². The third-order valence-electron chi connectivity index (χ3n) is 6.52. The number of aromatic nitrogens is 1. The highest BCUT2D eigenvalue weighted by molar-refractivity contribution is 5.99. The molecule has 0 unspecified atom stereocenters. The third kappa shape index (κ3) is 5.20. The number of carboxylic acids is 1. The number of nitrogens with one attached hydrogen (secondary N) is 1. The van der Waals surface area contributed by atoms with Gasteiger partial charge in [0.2, 0.25) is 0 Å². The molecule has 1 fully saturated rings. The van der Waals surface area contributed by atoms with Crippen molar-refractivity contribution in [2.24, 2.45) is 5.92 Å². The van der Waals surface area contributed by atoms with E-state index in [4.69, 9.17) is 10.5 Å². The minimum Gasteiger partial charge on any atom is -0.493 e. The normalized spacial score (nSPS) is 17.4. The monoisotopic (exact) mass is 459 g/mol. The van der Waals surface area contributed by atoms with Gasteiger partial charge in [0.05, 0.1) is 17.7 Å². The Morgan fingerprint density at radius 2 is 1.91 bits per heavy atom. The molecular formula is C27H29N3O4. The molecule has 1 aromatic heterocycles. The highest BCUT2D eigenvalue weighted by Crippen LogP contribution is 2.29. The minimum absolute atomic E-state index is 0.0163. The van der Waals surface area contributed by atoms with Gasteiger partial charge in [0.25, 0.3) is 5.91 Å². The van der Waals surface area contributed by atoms with E-state index in [1.165, 1.54) is 17.2 Å². The van der Waals surface area contributed by atoms with Gasteiger partial charge >= 0.3 is 5.97 Å². The molecule has 0 aliphatic heterocycles. The van der Waals surface area contributed by atoms with Gasteiger partial charge in [-0.1, -0.05) is 24.6 Å². The molecule has 34 heavy (non-hydrogen) atoms. The number of carboxylic acid groups (broad SMARTS) is 1. The SMILES string of the molecule is Cc1ccc(OC[C@H]2CCC[C@@H]2NC(=O)c2cc(-c3cccc(C(=O)O)c3)cnc2N)cc1C. The van der Waals surface area contributed by atoms with E-state index in [0.717, 1.165) is 25.0 Å². The van der Waals surface area contributed by atoms with Crippen molar-refractivity contribution >= 4 is 17.7 Å². The first-order chi connectivity index (χ1) is 16.3. The van der Waals surface area contributed by atoms with Crippen LogP contribution in [0.15, 0.2) is 54.7 Å². The molecule has 2 atom stereocenters. The number of anilines is 1. The predicted molar refractivity (Wildman–Crippen MR) is 131 cm³/mol. The number of aromatic carboxylic acids is 1. The molecule has 1 aliphatic carbocycles. The molecule has 4 rings (SSSR count). The number of nitrogens with two attached hydrogens (primary N) is 1. The van der Waals surface area contributed by atoms with Crippen molar-refractivity contribution in [3.63, 3.8) is 0 Å². The van der Waals surface area contributed by atoms with Crippen molar-refractivity contribution in [3.8, 4) is 16.9 Å². The van der Waals surface area contributed by atoms with Crippen LogP contribution >= 0.6 is 0 Å². The Hall–Kier alpha value is -3.87. The Labute approximate surface area is 199 Å². The summed E-state index contributed by atoms with van der Waals surface area (Å²) in [6.45, 7) is 4.66. The van der Waals surface area contributed by atoms with Crippen LogP contribution in [0.1, 0.15) is 51.1 Å². The average Bonchev–Trinajstić information content (AvgIpc) is 3.27. The lowest BCUT2D eigenvalue weighted by atomic mass is 10.0. The number of nitrogens with zero attached hydrogens (tertiary/aromatic N) is 1. The van der Waals surface area contributed by atoms with Gasteiger partial charge in [-0.25, -0.2) is 9.78 Å². The molecule has 7 heteroatoms. The zero-order valence-corrected chi connectivity index (χ0v) is 19.4. The number of aryl methyl sites for hydroxylation is 2. The number of hydrogen-bond donors (Lipinski definition) is 3. The van der Waals surface area contributed by atoms with E-state index >= 15 is 0 Å². The standard InChI is InChI=1S/C27H29N3O4/c1-16-9-10-22(11-17(16)2)34-15-20-7-4-8-24(20)30-26(31)23-13-21(14-29-25(23)28)18-5-3-6-19(12-18)27(32)33/h3,5-6,9-14,20,24H,4,7-8,15H2,1-2H3,(H2,28,29)(H,30,31)(H,32,33)/t20-,24+/m1/s1. The summed E-state index contributed by atoms with van der Waals surface area (Å²) in [5, 5.41) is 12.4. The maximum absolute atomic E-state index is 13.1. The van der Waals surface area contributed by atoms with E-state index in [9.17, 15) is 14.7 Å². The van der Waals surface area contributed by atoms with E-state index in [2.05, 4.69) is 24.1 Å². The van der Waals surface area contributed by atoms with Crippen molar-refractivity contribution in [1.82, 2.24) is 10.3 Å². The number of carbonyl (C=O) groups excluding carboxylic acids is 1. The number of hydrogen-bond acceptors (Lipinski definition) is 5. The Kier molecular flexibility index (Phi) is 6.82. The fourth-order valence-electron chi connectivity index (χ4n) is 4.33. The number of nitrogen functional groups attached to an aromatic ring is 1. The van der Waals surface area contributed by atoms with Crippen molar-refractivity contribution < 1.29 is 19.4 Å². The van der Waals surface area contributed by atoms with Crippen LogP contribution in [0.25, 0.3) is 11.1 Å². The maximum Gasteiger partial charge on any atom is 0.335 e. The smallest absolute Gasteiger partial charge is 0.335 e. The van der Waals surface area contributed by atoms with Crippen molar-refractivity contribution in [2.75, 3.05) is 12.3 Å². The van der Waals surface area contributed by atoms with E-state index in [1.54, 1.807) is 30.5 Å². The topological polar surface area (TPSA) is 115 Å². The summed E-state index contributed by atoms with van der Waals surface area (Å²) in [5.74, 6) is -0.126. The molecule has 176 valence electrons. The number of amides is 1. The predicted octanol–water partition coefficient (Wildman–Crippen LogP) is 4.62. The lowest BCUT2D eigenvalue weighted by molar-refractivity contribution is 0.0696. The van der Waals surface area contributed by atoms with Crippen LogP contribution < -0.4 is 15.8 Å². The largest absolute Gasteiger partial charge is 0.493 e. The second-order valence-corrected chi connectivity index (χ2v) is 8.87. The molecule has 0 saturated heterocycles. The molecule has 1 heterocycles. The molecule has 0 spiro atoms. The number of pyridine rings is 1. The quantitative estimate of drug-likeness (QED) is 0.475. The second kappa shape index (κ2) is 9.95. The molecule has 0 radical (unpaired) electrons. The Morgan fingerprint density at radius 3 is 2.68 bits per heavy atom. The van der Waals surface area contributed by atoms with Crippen LogP contribution in [0.2, 0.25) is 0 Å². The summed E-state index contributed by atoms with van der Waals surface area (Å²) in [7, 11) is 0. The van der Waals surface area contributed by atoms with E-state index in [1.807, 2.05) is 18.2 Å². The zero-order chi connectivity index (χ0) is 24.2. The molecule has 1 saturated carbocycles. The van der Waals surface area contributed by atoms with Crippen molar-refractivity contribution in [2.45, 2.75) is 39.2 Å². The molecule has 2 aromatic carbocycles. The summed E-state index contributed by atoms with van der Waals surface area (Å²) in [5.41, 5.74) is 10.2. The summed E-state index contributed by atoms with van der Waals surface area (Å²) < 4.78 is 6.04. The third-order valence-corrected chi connectivity index (χ3v) is 6.52. The minimum atomic E-state index is -1.02. The highest BCUT2D eigenvalue weighted by Gasteiger charge is 2.30. The van der Waals surface area contributed by atoms with Gasteiger partial charge < -0.3 is 20.9 Å². The Morgan fingerprint density at radius 1 is 1.09 bits per heavy atom. The molecular weight excluding hydrogens is 430 g/mol. The lowest BCUT2D eigenvalue weighted by Crippen LogP contribution is -2.39. The fourth-order valence-corrected chi connectivity index (χ4v) is 4.33. The first-order valence-corrected chi connectivity index (χ1v) is 11.4. The molecule has 3 aromatic rings. The van der Waals surface area contributed by atoms with Gasteiger partial charge in [0.15, 0.2) is 0 Å². The van der Waals surface area contributed by atoms with E-state index in [0.29, 0.717) is 17.7 Å². The Balaban J connectivity index is 1.46. The van der Waals surface area contributed by atoms with Gasteiger partial charge in [0.1, 0.15) is 11.6 Å². The van der Waals surface area contributed by atoms with Gasteiger partial charge in [-0.2, -0.15) is 0 Å². The fraction of sp³-hybridized carbons (Fsp3) is 0.296. The Bertz CT molecular complexity index is 1220. The number of rotatable bonds is 7. The summed E-state index contributed by atoms with van der Waals surface area (Å²) in [4.78, 5) is 28.6. The van der Waals surface area contributed by atoms with Gasteiger partial charge in [-0.05, 0) is 73.7 Å². The molecule has 1 amide bonds. The van der Waals surface area contributed by atoms with Crippen LogP contribution in [0.3, 0.4) is 0 Å². The van der Waals surface area contributed by atoms with Gasteiger partial charge in [0, 0.05) is 23.7 Å². The number of ether oxygens (including phenoxy) is 1. The first kappa shape index (κ1) is 23.3. The zero-order valence-electron chi connectivity index (χ0n) is 19.4. The van der Waals surface area contributed by atoms with Crippen LogP contribution in [0, 0.1) is 19.8 Å². The summed E-state index contributed by atoms with van der Waals surface area (Å²) in [6, 6.07) is 14.2. The average molecular weight is 460 g/mol. The molecule has 1 aliphatic rings. The second-order valence-electron chi connectivity index (χ2n) is 8.87. The summed E-state index contributed by atoms with van der Waals surface area (Å²) in [6.07, 6.45) is 4.41. The lowest BCUT2D eigenvalue weighted by Gasteiger charge is -2.22. The van der Waals surface area contributed by atoms with Crippen molar-refractivity contribution in [3.05, 3.63) is 77.0 Å². The molecule has 4 N–H and O–H groups in total. The van der Waals surface area contributed by atoms with Crippen LogP contribution in [0.5, 0.6) is 5.75 Å². The number of benzene rings is 2. The van der Waals surface area contributed by atoms with Crippen LogP contribution in [0.4, 0.5) is 5.82 Å². The first-order valence-electron chi connectivity index (χ1n) is 11.4. The maximum atomic E-state index is 13.1. The molecule has 0 bridgehead atoms. The van der Waals surface area contributed by atoms with Crippen molar-refractivity contribution in [1.29, 1.82) is 0 Å². The molecule has 7 nitrogen and oxygen atoms in total. The van der Waals surface area contributed by atoms with Crippen LogP contribution in [-0.4, -0.2) is 34.6 Å². The number of carbonyl (C=O) groups is 2. The van der Waals surface area contributed by atoms with Crippen LogP contribution in [-0.2, 0) is 0 Å². The summed E-state index contributed by atoms with van der Waals surface area (Å²) >= 11 is 0. The van der Waals surface area contributed by atoms with Gasteiger partial charge in [-0.15, -0.1) is 0 Å². The highest BCUT2D eigenvalue weighted by atomic mass is 16.5.